The van der Waals surface area contributed by atoms with Gasteiger partial charge in [-0.15, -0.1) is 6.58 Å². The van der Waals surface area contributed by atoms with Gasteiger partial charge in [-0.3, -0.25) is 4.99 Å². The number of aromatic hydroxyl groups is 1. The quantitative estimate of drug-likeness (QED) is 0.610. The molecule has 0 radical (unpaired) electrons. The van der Waals surface area contributed by atoms with E-state index in [-0.39, 0.29) is 5.75 Å². The third-order valence-electron chi connectivity index (χ3n) is 3.69. The summed E-state index contributed by atoms with van der Waals surface area (Å²) in [7, 11) is 0. The molecule has 3 heteroatoms. The molecule has 0 fully saturated rings. The number of aryl methyl sites for hydroxylation is 2. The largest absolute Gasteiger partial charge is 0.504 e. The number of hydrogen-bond acceptors (Lipinski definition) is 3. The normalized spacial score (nSPS) is 10.9. The van der Waals surface area contributed by atoms with E-state index in [1.807, 2.05) is 19.1 Å². The van der Waals surface area contributed by atoms with Crippen molar-refractivity contribution in [2.24, 2.45) is 4.99 Å². The molecule has 2 aromatic rings. The number of hydrogen-bond donors (Lipinski definition) is 1. The zero-order valence-corrected chi connectivity index (χ0v) is 14.0. The van der Waals surface area contributed by atoms with Gasteiger partial charge in [0.05, 0.1) is 12.3 Å². The smallest absolute Gasteiger partial charge is 0.161 e. The van der Waals surface area contributed by atoms with Crippen molar-refractivity contribution in [1.82, 2.24) is 0 Å². The maximum absolute atomic E-state index is 10.2. The standard InChI is InChI=1S/C20H23NO2/c1-5-7-17-11-16(12-19(20(17)22)23-6-2)13-21-18-9-8-14(3)15(4)10-18/h5,8-13,22H,1,6-7H2,2-4H3. The van der Waals surface area contributed by atoms with Crippen LogP contribution in [0, 0.1) is 13.8 Å². The molecule has 2 rings (SSSR count). The molecule has 0 bridgehead atoms. The van der Waals surface area contributed by atoms with E-state index < -0.39 is 0 Å². The molecule has 2 aromatic carbocycles. The highest BCUT2D eigenvalue weighted by Crippen LogP contribution is 2.32. The predicted molar refractivity (Wildman–Crippen MR) is 96.3 cm³/mol. The van der Waals surface area contributed by atoms with Gasteiger partial charge in [0.2, 0.25) is 0 Å². The molecule has 0 aromatic heterocycles. The van der Waals surface area contributed by atoms with Crippen molar-refractivity contribution in [1.29, 1.82) is 0 Å². The number of nitrogens with zero attached hydrogens (tertiary/aromatic N) is 1. The van der Waals surface area contributed by atoms with Gasteiger partial charge in [0, 0.05) is 11.8 Å². The third kappa shape index (κ3) is 4.22. The van der Waals surface area contributed by atoms with Crippen LogP contribution in [0.3, 0.4) is 0 Å². The fourth-order valence-corrected chi connectivity index (χ4v) is 2.30. The maximum Gasteiger partial charge on any atom is 0.161 e. The van der Waals surface area contributed by atoms with E-state index >= 15 is 0 Å². The highest BCUT2D eigenvalue weighted by atomic mass is 16.5. The maximum atomic E-state index is 10.2. The van der Waals surface area contributed by atoms with E-state index in [1.165, 1.54) is 11.1 Å². The third-order valence-corrected chi connectivity index (χ3v) is 3.69. The molecule has 0 aliphatic carbocycles. The second kappa shape index (κ2) is 7.63. The molecule has 0 aliphatic heterocycles. The Balaban J connectivity index is 2.35. The van der Waals surface area contributed by atoms with E-state index in [1.54, 1.807) is 18.4 Å². The van der Waals surface area contributed by atoms with E-state index in [2.05, 4.69) is 37.6 Å². The topological polar surface area (TPSA) is 41.8 Å². The van der Waals surface area contributed by atoms with Crippen LogP contribution in [0.25, 0.3) is 0 Å². The number of aliphatic imine (C=N–C) groups is 1. The van der Waals surface area contributed by atoms with Gasteiger partial charge in [-0.05, 0) is 68.1 Å². The zero-order valence-electron chi connectivity index (χ0n) is 14.0. The lowest BCUT2D eigenvalue weighted by Crippen LogP contribution is -1.96. The molecule has 120 valence electrons. The fourth-order valence-electron chi connectivity index (χ4n) is 2.30. The Kier molecular flexibility index (Phi) is 5.58. The Morgan fingerprint density at radius 1 is 1.17 bits per heavy atom. The van der Waals surface area contributed by atoms with Gasteiger partial charge in [0.1, 0.15) is 0 Å². The fraction of sp³-hybridized carbons (Fsp3) is 0.250. The summed E-state index contributed by atoms with van der Waals surface area (Å²) >= 11 is 0. The highest BCUT2D eigenvalue weighted by Gasteiger charge is 2.09. The van der Waals surface area contributed by atoms with Crippen LogP contribution in [0.5, 0.6) is 11.5 Å². The lowest BCUT2D eigenvalue weighted by Gasteiger charge is -2.11. The first-order valence-electron chi connectivity index (χ1n) is 7.76. The summed E-state index contributed by atoms with van der Waals surface area (Å²) in [6.45, 7) is 10.3. The van der Waals surface area contributed by atoms with Gasteiger partial charge in [0.15, 0.2) is 11.5 Å². The van der Waals surface area contributed by atoms with Crippen LogP contribution in [-0.2, 0) is 6.42 Å². The molecule has 0 amide bonds. The van der Waals surface area contributed by atoms with Crippen molar-refractivity contribution in [2.45, 2.75) is 27.2 Å². The minimum Gasteiger partial charge on any atom is -0.504 e. The highest BCUT2D eigenvalue weighted by molar-refractivity contribution is 5.83. The number of phenols is 1. The van der Waals surface area contributed by atoms with Crippen molar-refractivity contribution in [3.8, 4) is 11.5 Å². The van der Waals surface area contributed by atoms with Gasteiger partial charge in [0.25, 0.3) is 0 Å². The second-order valence-electron chi connectivity index (χ2n) is 5.48. The van der Waals surface area contributed by atoms with Crippen LogP contribution in [-0.4, -0.2) is 17.9 Å². The van der Waals surface area contributed by atoms with E-state index in [4.69, 9.17) is 4.74 Å². The molecule has 3 nitrogen and oxygen atoms in total. The average molecular weight is 309 g/mol. The monoisotopic (exact) mass is 309 g/mol. The molecule has 1 N–H and O–H groups in total. The van der Waals surface area contributed by atoms with Gasteiger partial charge in [-0.1, -0.05) is 12.1 Å². The van der Waals surface area contributed by atoms with Gasteiger partial charge >= 0.3 is 0 Å². The molecule has 0 heterocycles. The van der Waals surface area contributed by atoms with Gasteiger partial charge in [-0.25, -0.2) is 0 Å². The molecule has 23 heavy (non-hydrogen) atoms. The molecular formula is C20H23NO2. The van der Waals surface area contributed by atoms with Gasteiger partial charge in [-0.2, -0.15) is 0 Å². The first kappa shape index (κ1) is 16.8. The van der Waals surface area contributed by atoms with Crippen molar-refractivity contribution < 1.29 is 9.84 Å². The SMILES string of the molecule is C=CCc1cc(C=Nc2ccc(C)c(C)c2)cc(OCC)c1O. The van der Waals surface area contributed by atoms with Crippen molar-refractivity contribution in [3.05, 3.63) is 65.2 Å². The summed E-state index contributed by atoms with van der Waals surface area (Å²) in [6, 6.07) is 9.82. The summed E-state index contributed by atoms with van der Waals surface area (Å²) in [6.07, 6.45) is 4.13. The van der Waals surface area contributed by atoms with Crippen LogP contribution >= 0.6 is 0 Å². The van der Waals surface area contributed by atoms with Crippen LogP contribution < -0.4 is 4.74 Å². The van der Waals surface area contributed by atoms with Crippen molar-refractivity contribution in [3.63, 3.8) is 0 Å². The number of allylic oxidation sites excluding steroid dienone is 1. The predicted octanol–water partition coefficient (Wildman–Crippen LogP) is 4.89. The molecule has 0 saturated heterocycles. The minimum absolute atomic E-state index is 0.176. The van der Waals surface area contributed by atoms with E-state index in [0.29, 0.717) is 18.8 Å². The Labute approximate surface area is 138 Å². The Hall–Kier alpha value is -2.55. The van der Waals surface area contributed by atoms with Crippen LogP contribution in [0.1, 0.15) is 29.2 Å². The summed E-state index contributed by atoms with van der Waals surface area (Å²) < 4.78 is 5.51. The Morgan fingerprint density at radius 2 is 1.96 bits per heavy atom. The molecule has 0 aliphatic rings. The van der Waals surface area contributed by atoms with E-state index in [0.717, 1.165) is 16.8 Å². The molecule has 0 saturated carbocycles. The summed E-state index contributed by atoms with van der Waals surface area (Å²) in [5.74, 6) is 0.656. The summed E-state index contributed by atoms with van der Waals surface area (Å²) in [5, 5.41) is 10.2. The van der Waals surface area contributed by atoms with Gasteiger partial charge < -0.3 is 9.84 Å². The second-order valence-corrected chi connectivity index (χ2v) is 5.48. The lowest BCUT2D eigenvalue weighted by atomic mass is 10.1. The van der Waals surface area contributed by atoms with Crippen LogP contribution in [0.2, 0.25) is 0 Å². The number of benzene rings is 2. The van der Waals surface area contributed by atoms with Crippen LogP contribution in [0.15, 0.2) is 48.0 Å². The molecule has 0 unspecified atom stereocenters. The first-order chi connectivity index (χ1) is 11.0. The summed E-state index contributed by atoms with van der Waals surface area (Å²) in [4.78, 5) is 4.52. The molecule has 0 atom stereocenters. The average Bonchev–Trinajstić information content (AvgIpc) is 2.53. The summed E-state index contributed by atoms with van der Waals surface area (Å²) in [5.41, 5.74) is 5.05. The zero-order chi connectivity index (χ0) is 16.8. The Bertz CT molecular complexity index is 733. The molecular weight excluding hydrogens is 286 g/mol. The van der Waals surface area contributed by atoms with Crippen LogP contribution in [0.4, 0.5) is 5.69 Å². The number of phenolic OH excluding ortho intramolecular Hbond substituents is 1. The Morgan fingerprint density at radius 3 is 2.61 bits per heavy atom. The number of ether oxygens (including phenoxy) is 1. The lowest BCUT2D eigenvalue weighted by molar-refractivity contribution is 0.317. The van der Waals surface area contributed by atoms with E-state index in [9.17, 15) is 5.11 Å². The first-order valence-corrected chi connectivity index (χ1v) is 7.76. The number of rotatable bonds is 6. The van der Waals surface area contributed by atoms with Crippen molar-refractivity contribution in [2.75, 3.05) is 6.61 Å². The minimum atomic E-state index is 0.176. The molecule has 0 spiro atoms. The van der Waals surface area contributed by atoms with Crippen molar-refractivity contribution >= 4 is 11.9 Å².